The number of fused-ring (bicyclic) bond motifs is 1. The van der Waals surface area contributed by atoms with E-state index in [4.69, 9.17) is 19.2 Å². The third kappa shape index (κ3) is 5.47. The van der Waals surface area contributed by atoms with Crippen molar-refractivity contribution >= 4 is 21.6 Å². The normalized spacial score (nSPS) is 15.9. The molecule has 33 heavy (non-hydrogen) atoms. The first-order valence-corrected chi connectivity index (χ1v) is 12.5. The molecule has 2 aromatic carbocycles. The molecule has 0 bridgehead atoms. The van der Waals surface area contributed by atoms with Crippen LogP contribution in [0.25, 0.3) is 10.2 Å². The summed E-state index contributed by atoms with van der Waals surface area (Å²) in [4.78, 5) is 4.76. The number of nitrogens with zero attached hydrogens (tertiary/aromatic N) is 2. The largest absolute Gasteiger partial charge is 0.492 e. The molecule has 6 nitrogen and oxygen atoms in total. The van der Waals surface area contributed by atoms with E-state index >= 15 is 0 Å². The van der Waals surface area contributed by atoms with Crippen LogP contribution < -0.4 is 9.47 Å². The van der Waals surface area contributed by atoms with E-state index in [0.717, 1.165) is 40.9 Å². The molecule has 174 valence electrons. The molecule has 1 aromatic heterocycles. The molecule has 0 saturated heterocycles. The standard InChI is InChI=1S/C26H30N2O4S/c1-3-30-21-13-17(14-22(31-4-2)19(21)16-27)26(29)23(32-18-9-5-6-10-18)15-25-28-20-11-7-8-12-24(20)33-25/h7-8,11-14,18,23,26,29H,3-6,9-10,15H2,1-2H3/t23-,26+/m0/s1. The first kappa shape index (κ1) is 23.5. The molecule has 1 N–H and O–H groups in total. The summed E-state index contributed by atoms with van der Waals surface area (Å²) < 4.78 is 19.0. The molecule has 1 fully saturated rings. The number of ether oxygens (including phenoxy) is 3. The van der Waals surface area contributed by atoms with Gasteiger partial charge >= 0.3 is 0 Å². The van der Waals surface area contributed by atoms with Gasteiger partial charge in [0.2, 0.25) is 0 Å². The molecule has 7 heteroatoms. The van der Waals surface area contributed by atoms with Gasteiger partial charge in [-0.05, 0) is 56.5 Å². The van der Waals surface area contributed by atoms with Gasteiger partial charge in [0.15, 0.2) is 0 Å². The highest BCUT2D eigenvalue weighted by Crippen LogP contribution is 2.36. The second kappa shape index (κ2) is 11.0. The highest BCUT2D eigenvalue weighted by atomic mass is 32.1. The van der Waals surface area contributed by atoms with Crippen LogP contribution in [0.4, 0.5) is 0 Å². The number of hydrogen-bond acceptors (Lipinski definition) is 7. The van der Waals surface area contributed by atoms with Crippen LogP contribution >= 0.6 is 11.3 Å². The fraction of sp³-hybridized carbons (Fsp3) is 0.462. The predicted octanol–water partition coefficient (Wildman–Crippen LogP) is 5.57. The van der Waals surface area contributed by atoms with Crippen LogP contribution in [0.5, 0.6) is 11.5 Å². The topological polar surface area (TPSA) is 84.6 Å². The van der Waals surface area contributed by atoms with Crippen molar-refractivity contribution in [1.82, 2.24) is 4.98 Å². The van der Waals surface area contributed by atoms with Crippen molar-refractivity contribution in [1.29, 1.82) is 5.26 Å². The van der Waals surface area contributed by atoms with E-state index in [0.29, 0.717) is 42.3 Å². The van der Waals surface area contributed by atoms with Gasteiger partial charge in [0.25, 0.3) is 0 Å². The number of aromatic nitrogens is 1. The van der Waals surface area contributed by atoms with Crippen molar-refractivity contribution in [2.45, 2.75) is 64.3 Å². The van der Waals surface area contributed by atoms with Crippen LogP contribution in [0, 0.1) is 11.3 Å². The number of hydrogen-bond donors (Lipinski definition) is 1. The molecule has 0 amide bonds. The number of aliphatic hydroxyl groups excluding tert-OH is 1. The van der Waals surface area contributed by atoms with Crippen molar-refractivity contribution in [3.63, 3.8) is 0 Å². The highest BCUT2D eigenvalue weighted by Gasteiger charge is 2.30. The number of thiazole rings is 1. The number of rotatable bonds is 10. The Morgan fingerprint density at radius 2 is 1.79 bits per heavy atom. The van der Waals surface area contributed by atoms with Crippen LogP contribution in [0.3, 0.4) is 0 Å². The van der Waals surface area contributed by atoms with Gasteiger partial charge in [-0.25, -0.2) is 4.98 Å². The molecule has 2 atom stereocenters. The van der Waals surface area contributed by atoms with Crippen LogP contribution in [0.15, 0.2) is 36.4 Å². The lowest BCUT2D eigenvalue weighted by molar-refractivity contribution is -0.0753. The van der Waals surface area contributed by atoms with Gasteiger partial charge < -0.3 is 19.3 Å². The first-order valence-electron chi connectivity index (χ1n) is 11.6. The molecule has 4 rings (SSSR count). The van der Waals surface area contributed by atoms with E-state index in [9.17, 15) is 10.4 Å². The Morgan fingerprint density at radius 1 is 1.12 bits per heavy atom. The van der Waals surface area contributed by atoms with E-state index in [1.165, 1.54) is 0 Å². The van der Waals surface area contributed by atoms with Crippen molar-refractivity contribution in [2.24, 2.45) is 0 Å². The van der Waals surface area contributed by atoms with Crippen molar-refractivity contribution in [3.8, 4) is 17.6 Å². The summed E-state index contributed by atoms with van der Waals surface area (Å²) in [6.45, 7) is 4.55. The number of nitriles is 1. The van der Waals surface area contributed by atoms with Gasteiger partial charge in [-0.1, -0.05) is 25.0 Å². The minimum atomic E-state index is -0.913. The van der Waals surface area contributed by atoms with E-state index < -0.39 is 12.2 Å². The third-order valence-corrected chi connectivity index (χ3v) is 6.94. The summed E-state index contributed by atoms with van der Waals surface area (Å²) in [5.41, 5.74) is 1.92. The summed E-state index contributed by atoms with van der Waals surface area (Å²) in [7, 11) is 0. The van der Waals surface area contributed by atoms with Gasteiger partial charge in [-0.3, -0.25) is 0 Å². The zero-order valence-electron chi connectivity index (χ0n) is 19.1. The van der Waals surface area contributed by atoms with E-state index in [2.05, 4.69) is 12.1 Å². The molecule has 1 aliphatic carbocycles. The lowest BCUT2D eigenvalue weighted by Gasteiger charge is -2.27. The Morgan fingerprint density at radius 3 is 2.39 bits per heavy atom. The van der Waals surface area contributed by atoms with E-state index in [-0.39, 0.29) is 6.10 Å². The van der Waals surface area contributed by atoms with Gasteiger partial charge in [-0.2, -0.15) is 5.26 Å². The predicted molar refractivity (Wildman–Crippen MR) is 129 cm³/mol. The minimum absolute atomic E-state index is 0.134. The quantitative estimate of drug-likeness (QED) is 0.420. The fourth-order valence-corrected chi connectivity index (χ4v) is 5.34. The molecule has 1 heterocycles. The van der Waals surface area contributed by atoms with Gasteiger partial charge in [0.1, 0.15) is 29.2 Å². The minimum Gasteiger partial charge on any atom is -0.492 e. The lowest BCUT2D eigenvalue weighted by atomic mass is 9.99. The summed E-state index contributed by atoms with van der Waals surface area (Å²) in [5.74, 6) is 0.833. The second-order valence-corrected chi connectivity index (χ2v) is 9.29. The highest BCUT2D eigenvalue weighted by molar-refractivity contribution is 7.18. The molecule has 3 aromatic rings. The maximum absolute atomic E-state index is 11.5. The molecule has 1 aliphatic rings. The van der Waals surface area contributed by atoms with Gasteiger partial charge in [-0.15, -0.1) is 11.3 Å². The molecule has 0 spiro atoms. The monoisotopic (exact) mass is 466 g/mol. The summed E-state index contributed by atoms with van der Waals surface area (Å²) in [6, 6.07) is 13.7. The summed E-state index contributed by atoms with van der Waals surface area (Å²) in [5, 5.41) is 22.1. The van der Waals surface area contributed by atoms with Crippen LogP contribution in [-0.2, 0) is 11.2 Å². The summed E-state index contributed by atoms with van der Waals surface area (Å²) >= 11 is 1.63. The maximum Gasteiger partial charge on any atom is 0.141 e. The Labute approximate surface area is 198 Å². The summed E-state index contributed by atoms with van der Waals surface area (Å²) in [6.07, 6.45) is 3.56. The zero-order valence-corrected chi connectivity index (χ0v) is 19.9. The molecular weight excluding hydrogens is 436 g/mol. The zero-order chi connectivity index (χ0) is 23.2. The molecule has 1 saturated carbocycles. The van der Waals surface area contributed by atoms with Gasteiger partial charge in [0, 0.05) is 6.42 Å². The molecular formula is C26H30N2O4S. The maximum atomic E-state index is 11.5. The average Bonchev–Trinajstić information content (AvgIpc) is 3.47. The Balaban J connectivity index is 1.67. The van der Waals surface area contributed by atoms with E-state index in [1.807, 2.05) is 32.0 Å². The van der Waals surface area contributed by atoms with Crippen LogP contribution in [-0.4, -0.2) is 35.5 Å². The fourth-order valence-electron chi connectivity index (χ4n) is 4.33. The lowest BCUT2D eigenvalue weighted by Crippen LogP contribution is -2.29. The second-order valence-electron chi connectivity index (χ2n) is 8.18. The van der Waals surface area contributed by atoms with Crippen molar-refractivity contribution < 1.29 is 19.3 Å². The first-order chi connectivity index (χ1) is 16.1. The SMILES string of the molecule is CCOc1cc([C@@H](O)[C@H](Cc2nc3ccccc3s2)OC2CCCC2)cc(OCC)c1C#N. The Bertz CT molecular complexity index is 1060. The number of aliphatic hydroxyl groups is 1. The Kier molecular flexibility index (Phi) is 7.81. The Hall–Kier alpha value is -2.66. The molecule has 0 aliphatic heterocycles. The molecule has 0 radical (unpaired) electrons. The number of benzene rings is 2. The molecule has 0 unspecified atom stereocenters. The van der Waals surface area contributed by atoms with Crippen LogP contribution in [0.1, 0.15) is 61.8 Å². The van der Waals surface area contributed by atoms with Gasteiger partial charge in [0.05, 0.1) is 40.6 Å². The average molecular weight is 467 g/mol. The smallest absolute Gasteiger partial charge is 0.141 e. The van der Waals surface area contributed by atoms with Crippen molar-refractivity contribution in [2.75, 3.05) is 13.2 Å². The third-order valence-electron chi connectivity index (χ3n) is 5.88. The van der Waals surface area contributed by atoms with E-state index in [1.54, 1.807) is 23.5 Å². The van der Waals surface area contributed by atoms with Crippen LogP contribution in [0.2, 0.25) is 0 Å². The van der Waals surface area contributed by atoms with Crippen molar-refractivity contribution in [3.05, 3.63) is 52.5 Å². The number of para-hydroxylation sites is 1.